The molecule has 2 aliphatic carbocycles. The summed E-state index contributed by atoms with van der Waals surface area (Å²) in [5.41, 5.74) is 2.47. The summed E-state index contributed by atoms with van der Waals surface area (Å²) in [5, 5.41) is 9.04. The van der Waals surface area contributed by atoms with Gasteiger partial charge in [0.05, 0.1) is 4.90 Å². The van der Waals surface area contributed by atoms with Crippen LogP contribution in [-0.4, -0.2) is 26.7 Å². The van der Waals surface area contributed by atoms with Gasteiger partial charge in [0, 0.05) is 13.2 Å². The molecule has 4 nitrogen and oxygen atoms in total. The first kappa shape index (κ1) is 15.0. The Hall–Kier alpha value is -0.910. The topological polar surface area (TPSA) is 66.4 Å². The second-order valence-electron chi connectivity index (χ2n) is 6.44. The molecule has 3 rings (SSSR count). The van der Waals surface area contributed by atoms with E-state index in [0.717, 1.165) is 32.1 Å². The Morgan fingerprint density at radius 3 is 2.52 bits per heavy atom. The number of rotatable bonds is 6. The van der Waals surface area contributed by atoms with Crippen LogP contribution >= 0.6 is 0 Å². The fourth-order valence-corrected chi connectivity index (χ4v) is 4.34. The van der Waals surface area contributed by atoms with Gasteiger partial charge in [-0.1, -0.05) is 6.07 Å². The highest BCUT2D eigenvalue weighted by Crippen LogP contribution is 2.48. The molecule has 116 valence electrons. The van der Waals surface area contributed by atoms with Gasteiger partial charge in [-0.25, -0.2) is 13.1 Å². The van der Waals surface area contributed by atoms with Crippen LogP contribution in [0.5, 0.6) is 0 Å². The Morgan fingerprint density at radius 2 is 1.86 bits per heavy atom. The molecule has 0 saturated heterocycles. The molecule has 0 unspecified atom stereocenters. The van der Waals surface area contributed by atoms with Crippen LogP contribution in [0.25, 0.3) is 0 Å². The minimum atomic E-state index is -3.44. The van der Waals surface area contributed by atoms with Crippen molar-refractivity contribution in [1.29, 1.82) is 0 Å². The number of aliphatic hydroxyl groups excluding tert-OH is 1. The van der Waals surface area contributed by atoms with Crippen molar-refractivity contribution in [2.24, 2.45) is 5.41 Å². The van der Waals surface area contributed by atoms with Crippen LogP contribution in [0.4, 0.5) is 0 Å². The second kappa shape index (κ2) is 5.71. The summed E-state index contributed by atoms with van der Waals surface area (Å²) in [6.45, 7) is 0.563. The zero-order chi connectivity index (χ0) is 14.9. The average Bonchev–Trinajstić information content (AvgIpc) is 3.25. The molecule has 1 aromatic rings. The van der Waals surface area contributed by atoms with E-state index in [-0.39, 0.29) is 12.0 Å². The first-order valence-electron chi connectivity index (χ1n) is 7.77. The van der Waals surface area contributed by atoms with Crippen molar-refractivity contribution >= 4 is 10.0 Å². The fourth-order valence-electron chi connectivity index (χ4n) is 3.14. The van der Waals surface area contributed by atoms with Gasteiger partial charge in [0.1, 0.15) is 0 Å². The van der Waals surface area contributed by atoms with Gasteiger partial charge < -0.3 is 5.11 Å². The van der Waals surface area contributed by atoms with Crippen molar-refractivity contribution in [2.75, 3.05) is 13.2 Å². The van der Waals surface area contributed by atoms with Gasteiger partial charge in [-0.3, -0.25) is 0 Å². The summed E-state index contributed by atoms with van der Waals surface area (Å²) < 4.78 is 27.6. The lowest BCUT2D eigenvalue weighted by atomic mass is 9.92. The third-order valence-corrected chi connectivity index (χ3v) is 6.27. The van der Waals surface area contributed by atoms with Crippen LogP contribution in [-0.2, 0) is 22.9 Å². The van der Waals surface area contributed by atoms with Gasteiger partial charge in [0.25, 0.3) is 0 Å². The first-order chi connectivity index (χ1) is 10.0. The third kappa shape index (κ3) is 3.30. The SMILES string of the molecule is O=S(=O)(NCC1(CCO)CC1)c1ccc2c(c1)CCCC2. The third-order valence-electron chi connectivity index (χ3n) is 4.87. The lowest BCUT2D eigenvalue weighted by Gasteiger charge is -2.18. The summed E-state index contributed by atoms with van der Waals surface area (Å²) >= 11 is 0. The molecule has 5 heteroatoms. The Balaban J connectivity index is 1.73. The van der Waals surface area contributed by atoms with E-state index >= 15 is 0 Å². The van der Waals surface area contributed by atoms with Crippen molar-refractivity contribution < 1.29 is 13.5 Å². The molecule has 0 spiro atoms. The Bertz CT molecular complexity index is 620. The van der Waals surface area contributed by atoms with Crippen molar-refractivity contribution in [1.82, 2.24) is 4.72 Å². The van der Waals surface area contributed by atoms with Gasteiger partial charge in [-0.15, -0.1) is 0 Å². The molecule has 0 aliphatic heterocycles. The van der Waals surface area contributed by atoms with Crippen molar-refractivity contribution in [2.45, 2.75) is 49.8 Å². The van der Waals surface area contributed by atoms with E-state index < -0.39 is 10.0 Å². The summed E-state index contributed by atoms with van der Waals surface area (Å²) in [6.07, 6.45) is 7.06. The predicted molar refractivity (Wildman–Crippen MR) is 81.6 cm³/mol. The molecule has 0 atom stereocenters. The minimum Gasteiger partial charge on any atom is -0.396 e. The average molecular weight is 309 g/mol. The summed E-state index contributed by atoms with van der Waals surface area (Å²) in [7, 11) is -3.44. The number of fused-ring (bicyclic) bond motifs is 1. The molecule has 0 amide bonds. The fraction of sp³-hybridized carbons (Fsp3) is 0.625. The van der Waals surface area contributed by atoms with Gasteiger partial charge >= 0.3 is 0 Å². The predicted octanol–water partition coefficient (Wildman–Crippen LogP) is 2.01. The molecule has 1 saturated carbocycles. The van der Waals surface area contributed by atoms with E-state index in [0.29, 0.717) is 17.9 Å². The van der Waals surface area contributed by atoms with Crippen LogP contribution in [0.2, 0.25) is 0 Å². The number of sulfonamides is 1. The summed E-state index contributed by atoms with van der Waals surface area (Å²) in [6, 6.07) is 5.52. The normalized spacial score (nSPS) is 20.0. The van der Waals surface area contributed by atoms with Gasteiger partial charge in [-0.05, 0) is 73.6 Å². The lowest BCUT2D eigenvalue weighted by molar-refractivity contribution is 0.249. The Labute approximate surface area is 126 Å². The van der Waals surface area contributed by atoms with Gasteiger partial charge in [0.2, 0.25) is 10.0 Å². The smallest absolute Gasteiger partial charge is 0.240 e. The molecule has 1 fully saturated rings. The molecule has 0 aromatic heterocycles. The van der Waals surface area contributed by atoms with Gasteiger partial charge in [0.15, 0.2) is 0 Å². The monoisotopic (exact) mass is 309 g/mol. The highest BCUT2D eigenvalue weighted by atomic mass is 32.2. The number of aryl methyl sites for hydroxylation is 2. The molecular weight excluding hydrogens is 286 g/mol. The van der Waals surface area contributed by atoms with E-state index in [1.807, 2.05) is 12.1 Å². The van der Waals surface area contributed by atoms with Crippen LogP contribution in [0.3, 0.4) is 0 Å². The molecule has 2 N–H and O–H groups in total. The van der Waals surface area contributed by atoms with E-state index in [9.17, 15) is 8.42 Å². The molecule has 0 radical (unpaired) electrons. The van der Waals surface area contributed by atoms with E-state index in [1.165, 1.54) is 17.5 Å². The van der Waals surface area contributed by atoms with Gasteiger partial charge in [-0.2, -0.15) is 0 Å². The van der Waals surface area contributed by atoms with E-state index in [1.54, 1.807) is 6.07 Å². The largest absolute Gasteiger partial charge is 0.396 e. The van der Waals surface area contributed by atoms with Crippen LogP contribution < -0.4 is 4.72 Å². The maximum atomic E-state index is 12.4. The first-order valence-corrected chi connectivity index (χ1v) is 9.25. The standard InChI is InChI=1S/C16H23NO3S/c18-10-9-16(7-8-16)12-17-21(19,20)15-6-5-13-3-1-2-4-14(13)11-15/h5-6,11,17-18H,1-4,7-10,12H2. The second-order valence-corrected chi connectivity index (χ2v) is 8.20. The van der Waals surface area contributed by atoms with Crippen molar-refractivity contribution in [3.8, 4) is 0 Å². The molecule has 0 bridgehead atoms. The summed E-state index contributed by atoms with van der Waals surface area (Å²) in [4.78, 5) is 0.378. The highest BCUT2D eigenvalue weighted by Gasteiger charge is 2.42. The van der Waals surface area contributed by atoms with Crippen LogP contribution in [0, 0.1) is 5.41 Å². The number of nitrogens with one attached hydrogen (secondary N) is 1. The summed E-state index contributed by atoms with van der Waals surface area (Å²) in [5.74, 6) is 0. The Kier molecular flexibility index (Phi) is 4.08. The Morgan fingerprint density at radius 1 is 1.14 bits per heavy atom. The molecular formula is C16H23NO3S. The van der Waals surface area contributed by atoms with Crippen molar-refractivity contribution in [3.05, 3.63) is 29.3 Å². The molecule has 21 heavy (non-hydrogen) atoms. The van der Waals surface area contributed by atoms with Crippen LogP contribution in [0.1, 0.15) is 43.2 Å². The van der Waals surface area contributed by atoms with E-state index in [2.05, 4.69) is 4.72 Å². The number of hydrogen-bond donors (Lipinski definition) is 2. The lowest BCUT2D eigenvalue weighted by Crippen LogP contribution is -2.31. The molecule has 0 heterocycles. The van der Waals surface area contributed by atoms with Crippen LogP contribution in [0.15, 0.2) is 23.1 Å². The maximum Gasteiger partial charge on any atom is 0.240 e. The quantitative estimate of drug-likeness (QED) is 0.845. The number of aliphatic hydroxyl groups is 1. The van der Waals surface area contributed by atoms with E-state index in [4.69, 9.17) is 5.11 Å². The van der Waals surface area contributed by atoms with Crippen molar-refractivity contribution in [3.63, 3.8) is 0 Å². The highest BCUT2D eigenvalue weighted by molar-refractivity contribution is 7.89. The number of hydrogen-bond acceptors (Lipinski definition) is 3. The zero-order valence-electron chi connectivity index (χ0n) is 12.3. The maximum absolute atomic E-state index is 12.4. The number of benzene rings is 1. The molecule has 1 aromatic carbocycles. The zero-order valence-corrected chi connectivity index (χ0v) is 13.1. The molecule has 2 aliphatic rings. The minimum absolute atomic E-state index is 0.00394.